The van der Waals surface area contributed by atoms with Crippen molar-refractivity contribution in [1.82, 2.24) is 4.90 Å². The Hall–Kier alpha value is -3.65. The highest BCUT2D eigenvalue weighted by atomic mass is 16.7. The summed E-state index contributed by atoms with van der Waals surface area (Å²) in [6.45, 7) is 0.914. The van der Waals surface area contributed by atoms with Gasteiger partial charge in [-0.3, -0.25) is 4.90 Å². The number of esters is 1. The number of methoxy groups -OCH3 is 3. The molecule has 2 unspecified atom stereocenters. The molecule has 6 rings (SSSR count). The van der Waals surface area contributed by atoms with E-state index in [4.69, 9.17) is 28.4 Å². The van der Waals surface area contributed by atoms with Gasteiger partial charge in [0.05, 0.1) is 27.4 Å². The van der Waals surface area contributed by atoms with Crippen LogP contribution in [0.3, 0.4) is 0 Å². The third-order valence-electron chi connectivity index (χ3n) is 7.61. The quantitative estimate of drug-likeness (QED) is 0.578. The maximum absolute atomic E-state index is 13.2. The molecule has 2 aromatic carbocycles. The maximum Gasteiger partial charge on any atom is 0.342 e. The Kier molecular flexibility index (Phi) is 5.56. The molecule has 0 fully saturated rings. The van der Waals surface area contributed by atoms with Crippen molar-refractivity contribution in [3.05, 3.63) is 64.1 Å². The summed E-state index contributed by atoms with van der Waals surface area (Å²) < 4.78 is 35.2. The minimum Gasteiger partial charge on any atom is -0.497 e. The van der Waals surface area contributed by atoms with Gasteiger partial charge < -0.3 is 28.4 Å². The zero-order valence-electron chi connectivity index (χ0n) is 20.9. The number of hydrogen-bond donors (Lipinski definition) is 0. The van der Waals surface area contributed by atoms with E-state index in [1.165, 1.54) is 0 Å². The first-order chi connectivity index (χ1) is 17.6. The van der Waals surface area contributed by atoms with Gasteiger partial charge in [-0.25, -0.2) is 4.79 Å². The highest BCUT2D eigenvalue weighted by Crippen LogP contribution is 2.57. The van der Waals surface area contributed by atoms with Crippen LogP contribution in [-0.4, -0.2) is 58.7 Å². The third kappa shape index (κ3) is 3.20. The summed E-state index contributed by atoms with van der Waals surface area (Å²) in [4.78, 5) is 15.4. The fraction of sp³-hybridized carbons (Fsp3) is 0.393. The van der Waals surface area contributed by atoms with Crippen LogP contribution in [-0.2, 0) is 25.4 Å². The molecule has 3 aliphatic heterocycles. The molecule has 0 saturated carbocycles. The van der Waals surface area contributed by atoms with Gasteiger partial charge in [-0.1, -0.05) is 30.3 Å². The SMILES string of the molecule is COC1=C(OC)C2=C(CC1)C(C1c3c(c(-c4ccccc4)c4c(c3OC)OCO4)CCN1C)OC2=O. The smallest absolute Gasteiger partial charge is 0.342 e. The van der Waals surface area contributed by atoms with Crippen molar-refractivity contribution in [2.75, 3.05) is 41.7 Å². The highest BCUT2D eigenvalue weighted by Gasteiger charge is 2.49. The van der Waals surface area contributed by atoms with Crippen molar-refractivity contribution in [2.45, 2.75) is 31.4 Å². The van der Waals surface area contributed by atoms with E-state index in [9.17, 15) is 4.79 Å². The number of benzene rings is 2. The van der Waals surface area contributed by atoms with Crippen LogP contribution in [0.1, 0.15) is 30.0 Å². The van der Waals surface area contributed by atoms with Crippen LogP contribution >= 0.6 is 0 Å². The number of allylic oxidation sites excluding steroid dienone is 1. The molecule has 0 N–H and O–H groups in total. The summed E-state index contributed by atoms with van der Waals surface area (Å²) in [5.74, 6) is 2.68. The zero-order chi connectivity index (χ0) is 25.0. The Morgan fingerprint density at radius 2 is 1.72 bits per heavy atom. The number of cyclic esters (lactones) is 1. The van der Waals surface area contributed by atoms with Gasteiger partial charge in [-0.15, -0.1) is 0 Å². The van der Waals surface area contributed by atoms with E-state index in [1.807, 2.05) is 18.2 Å². The minimum atomic E-state index is -0.488. The van der Waals surface area contributed by atoms with E-state index in [1.54, 1.807) is 21.3 Å². The molecule has 0 saturated heterocycles. The van der Waals surface area contributed by atoms with E-state index in [-0.39, 0.29) is 18.8 Å². The first-order valence-electron chi connectivity index (χ1n) is 12.1. The van der Waals surface area contributed by atoms with E-state index >= 15 is 0 Å². The van der Waals surface area contributed by atoms with Gasteiger partial charge in [-0.05, 0) is 36.6 Å². The lowest BCUT2D eigenvalue weighted by Crippen LogP contribution is -2.41. The lowest BCUT2D eigenvalue weighted by molar-refractivity contribution is -0.142. The van der Waals surface area contributed by atoms with Crippen molar-refractivity contribution < 1.29 is 33.2 Å². The number of nitrogens with zero attached hydrogens (tertiary/aromatic N) is 1. The summed E-state index contributed by atoms with van der Waals surface area (Å²) in [7, 11) is 6.86. The summed E-state index contributed by atoms with van der Waals surface area (Å²) in [6, 6.07) is 9.93. The van der Waals surface area contributed by atoms with Crippen LogP contribution in [0.5, 0.6) is 17.2 Å². The van der Waals surface area contributed by atoms with Crippen LogP contribution in [0, 0.1) is 0 Å². The Balaban J connectivity index is 1.58. The van der Waals surface area contributed by atoms with Gasteiger partial charge in [0, 0.05) is 24.1 Å². The second kappa shape index (κ2) is 8.78. The van der Waals surface area contributed by atoms with Crippen LogP contribution in [0.15, 0.2) is 53.0 Å². The summed E-state index contributed by atoms with van der Waals surface area (Å²) >= 11 is 0. The van der Waals surface area contributed by atoms with E-state index < -0.39 is 6.10 Å². The van der Waals surface area contributed by atoms with E-state index in [0.717, 1.165) is 40.8 Å². The standard InChI is InChI=1S/C28H29NO7/c1-29-13-12-16-19(15-8-6-5-7-9-15)26-27(35-14-34-26)25(33-4)20(16)22(29)23-17-10-11-18(31-2)24(32-3)21(17)28(30)36-23/h5-9,22-23H,10-14H2,1-4H3. The molecule has 0 aromatic heterocycles. The molecule has 188 valence electrons. The molecule has 0 bridgehead atoms. The van der Waals surface area contributed by atoms with E-state index in [2.05, 4.69) is 24.1 Å². The predicted octanol–water partition coefficient (Wildman–Crippen LogP) is 4.14. The number of fused-ring (bicyclic) bond motifs is 2. The van der Waals surface area contributed by atoms with Crippen molar-refractivity contribution in [3.63, 3.8) is 0 Å². The number of carbonyl (C=O) groups is 1. The van der Waals surface area contributed by atoms with Crippen molar-refractivity contribution >= 4 is 5.97 Å². The number of likely N-dealkylation sites (N-methyl/N-ethyl adjacent to an activating group) is 1. The van der Waals surface area contributed by atoms with E-state index in [0.29, 0.717) is 47.2 Å². The Bertz CT molecular complexity index is 1300. The minimum absolute atomic E-state index is 0.129. The summed E-state index contributed by atoms with van der Waals surface area (Å²) in [5.41, 5.74) is 5.58. The highest BCUT2D eigenvalue weighted by molar-refractivity contribution is 5.97. The lowest BCUT2D eigenvalue weighted by Gasteiger charge is -2.40. The van der Waals surface area contributed by atoms with Gasteiger partial charge in [0.1, 0.15) is 17.4 Å². The largest absolute Gasteiger partial charge is 0.497 e. The van der Waals surface area contributed by atoms with Crippen molar-refractivity contribution in [3.8, 4) is 28.4 Å². The fourth-order valence-electron chi connectivity index (χ4n) is 6.07. The van der Waals surface area contributed by atoms with Gasteiger partial charge in [0.15, 0.2) is 17.3 Å². The first-order valence-corrected chi connectivity index (χ1v) is 12.1. The summed E-state index contributed by atoms with van der Waals surface area (Å²) in [5, 5.41) is 0. The number of hydrogen-bond acceptors (Lipinski definition) is 8. The normalized spacial score (nSPS) is 22.8. The zero-order valence-corrected chi connectivity index (χ0v) is 20.9. The first kappa shape index (κ1) is 22.8. The molecule has 0 radical (unpaired) electrons. The monoisotopic (exact) mass is 491 g/mol. The third-order valence-corrected chi connectivity index (χ3v) is 7.61. The lowest BCUT2D eigenvalue weighted by atomic mass is 9.80. The number of ether oxygens (including phenoxy) is 6. The van der Waals surface area contributed by atoms with Crippen LogP contribution in [0.25, 0.3) is 11.1 Å². The maximum atomic E-state index is 13.2. The molecular formula is C28H29NO7. The van der Waals surface area contributed by atoms with Gasteiger partial charge >= 0.3 is 5.97 Å². The van der Waals surface area contributed by atoms with Gasteiger partial charge in [0.2, 0.25) is 12.5 Å². The molecular weight excluding hydrogens is 462 g/mol. The molecule has 0 amide bonds. The fourth-order valence-corrected chi connectivity index (χ4v) is 6.07. The predicted molar refractivity (Wildman–Crippen MR) is 131 cm³/mol. The Labute approximate surface area is 210 Å². The molecule has 8 nitrogen and oxygen atoms in total. The average Bonchev–Trinajstić information content (AvgIpc) is 3.52. The average molecular weight is 492 g/mol. The molecule has 1 aliphatic carbocycles. The van der Waals surface area contributed by atoms with Crippen molar-refractivity contribution in [1.29, 1.82) is 0 Å². The van der Waals surface area contributed by atoms with Crippen LogP contribution < -0.4 is 14.2 Å². The molecule has 0 spiro atoms. The molecule has 3 heterocycles. The molecule has 4 aliphatic rings. The molecule has 8 heteroatoms. The van der Waals surface area contributed by atoms with Gasteiger partial charge in [0.25, 0.3) is 0 Å². The van der Waals surface area contributed by atoms with Crippen molar-refractivity contribution in [2.24, 2.45) is 0 Å². The molecule has 2 atom stereocenters. The summed E-state index contributed by atoms with van der Waals surface area (Å²) in [6.07, 6.45) is 1.60. The van der Waals surface area contributed by atoms with Gasteiger partial charge in [-0.2, -0.15) is 0 Å². The molecule has 2 aromatic rings. The number of rotatable bonds is 5. The Morgan fingerprint density at radius 1 is 0.944 bits per heavy atom. The van der Waals surface area contributed by atoms with Crippen LogP contribution in [0.2, 0.25) is 0 Å². The second-order valence-electron chi connectivity index (χ2n) is 9.29. The second-order valence-corrected chi connectivity index (χ2v) is 9.29. The Morgan fingerprint density at radius 3 is 2.44 bits per heavy atom. The number of carbonyl (C=O) groups excluding carboxylic acids is 1. The van der Waals surface area contributed by atoms with Crippen LogP contribution in [0.4, 0.5) is 0 Å². The topological polar surface area (TPSA) is 75.7 Å². The molecule has 36 heavy (non-hydrogen) atoms.